The van der Waals surface area contributed by atoms with Crippen molar-refractivity contribution in [2.75, 3.05) is 0 Å². The number of aliphatic hydroxyl groups excluding tert-OH is 2. The lowest BCUT2D eigenvalue weighted by Gasteiger charge is -2.35. The maximum atomic E-state index is 13.6. The number of hydrogen-bond donors (Lipinski definition) is 5. The molecular weight excluding hydrogens is 458 g/mol. The minimum Gasteiger partial charge on any atom is -0.390 e. The van der Waals surface area contributed by atoms with Crippen LogP contribution in [0.1, 0.15) is 106 Å². The highest BCUT2D eigenvalue weighted by Gasteiger charge is 2.36. The summed E-state index contributed by atoms with van der Waals surface area (Å²) in [5.41, 5.74) is 0. The zero-order valence-corrected chi connectivity index (χ0v) is 23.7. The van der Waals surface area contributed by atoms with Gasteiger partial charge in [0.15, 0.2) is 0 Å². The molecule has 8 nitrogen and oxygen atoms in total. The molecule has 0 heterocycles. The van der Waals surface area contributed by atoms with E-state index in [0.29, 0.717) is 31.6 Å². The van der Waals surface area contributed by atoms with E-state index in [4.69, 9.17) is 0 Å². The van der Waals surface area contributed by atoms with Gasteiger partial charge in [-0.2, -0.15) is 0 Å². The second-order valence-electron chi connectivity index (χ2n) is 11.5. The standard InChI is InChI=1S/C28H53N3O5/c1-8-18(5)24(29-20(7)32)28(36)31-25(19(6)9-2)27(35)30-22(16-21-13-11-10-12-14-21)26(34)23(33)15-17(3)4/h17-19,21-26,33-34H,8-16H2,1-7H3,(H,29,32)(H,30,35)(H,31,36)/t18-,19-,22-,23-,24-,25-,26+/m0/s1. The molecule has 1 saturated carbocycles. The number of carbonyl (C=O) groups excluding carboxylic acids is 3. The summed E-state index contributed by atoms with van der Waals surface area (Å²) in [7, 11) is 0. The van der Waals surface area contributed by atoms with Crippen molar-refractivity contribution in [2.45, 2.75) is 137 Å². The molecule has 0 unspecified atom stereocenters. The topological polar surface area (TPSA) is 128 Å². The average Bonchev–Trinajstić information content (AvgIpc) is 2.83. The van der Waals surface area contributed by atoms with Gasteiger partial charge in [-0.25, -0.2) is 0 Å². The third-order valence-corrected chi connectivity index (χ3v) is 7.81. The Kier molecular flexibility index (Phi) is 14.6. The molecule has 1 fully saturated rings. The Morgan fingerprint density at radius 2 is 1.31 bits per heavy atom. The molecule has 0 saturated heterocycles. The van der Waals surface area contributed by atoms with Crippen molar-refractivity contribution >= 4 is 17.7 Å². The van der Waals surface area contributed by atoms with E-state index < -0.39 is 30.3 Å². The Labute approximate surface area is 218 Å². The fourth-order valence-corrected chi connectivity index (χ4v) is 5.09. The highest BCUT2D eigenvalue weighted by atomic mass is 16.3. The zero-order valence-electron chi connectivity index (χ0n) is 23.7. The van der Waals surface area contributed by atoms with Gasteiger partial charge in [-0.05, 0) is 36.5 Å². The van der Waals surface area contributed by atoms with E-state index in [0.717, 1.165) is 25.7 Å². The van der Waals surface area contributed by atoms with Crippen LogP contribution in [-0.2, 0) is 14.4 Å². The van der Waals surface area contributed by atoms with Crippen LogP contribution in [-0.4, -0.2) is 58.3 Å². The third kappa shape index (κ3) is 10.8. The normalized spacial score (nSPS) is 20.5. The molecule has 36 heavy (non-hydrogen) atoms. The van der Waals surface area contributed by atoms with E-state index in [9.17, 15) is 24.6 Å². The minimum atomic E-state index is -1.08. The predicted octanol–water partition coefficient (Wildman–Crippen LogP) is 3.29. The van der Waals surface area contributed by atoms with Crippen LogP contribution >= 0.6 is 0 Å². The van der Waals surface area contributed by atoms with Gasteiger partial charge in [0.05, 0.1) is 12.1 Å². The van der Waals surface area contributed by atoms with Crippen molar-refractivity contribution in [3.8, 4) is 0 Å². The Morgan fingerprint density at radius 1 is 0.806 bits per heavy atom. The Balaban J connectivity index is 3.10. The van der Waals surface area contributed by atoms with Crippen LogP contribution in [0.3, 0.4) is 0 Å². The molecule has 1 rings (SSSR count). The quantitative estimate of drug-likeness (QED) is 0.231. The van der Waals surface area contributed by atoms with Gasteiger partial charge in [0.2, 0.25) is 17.7 Å². The lowest BCUT2D eigenvalue weighted by molar-refractivity contribution is -0.134. The van der Waals surface area contributed by atoms with Crippen LogP contribution in [0, 0.1) is 23.7 Å². The molecule has 7 atom stereocenters. The molecule has 210 valence electrons. The van der Waals surface area contributed by atoms with Crippen molar-refractivity contribution < 1.29 is 24.6 Å². The average molecular weight is 512 g/mol. The van der Waals surface area contributed by atoms with Crippen molar-refractivity contribution in [2.24, 2.45) is 23.7 Å². The summed E-state index contributed by atoms with van der Waals surface area (Å²) in [4.78, 5) is 38.5. The summed E-state index contributed by atoms with van der Waals surface area (Å²) < 4.78 is 0. The van der Waals surface area contributed by atoms with Crippen molar-refractivity contribution in [3.63, 3.8) is 0 Å². The number of carbonyl (C=O) groups is 3. The van der Waals surface area contributed by atoms with Crippen LogP contribution in [0.5, 0.6) is 0 Å². The fraction of sp³-hybridized carbons (Fsp3) is 0.893. The Morgan fingerprint density at radius 3 is 1.78 bits per heavy atom. The van der Waals surface area contributed by atoms with Crippen LogP contribution in [0.2, 0.25) is 0 Å². The van der Waals surface area contributed by atoms with Gasteiger partial charge in [0, 0.05) is 6.92 Å². The summed E-state index contributed by atoms with van der Waals surface area (Å²) in [6.07, 6.45) is 5.98. The summed E-state index contributed by atoms with van der Waals surface area (Å²) >= 11 is 0. The predicted molar refractivity (Wildman–Crippen MR) is 143 cm³/mol. The van der Waals surface area contributed by atoms with Crippen LogP contribution in [0.25, 0.3) is 0 Å². The third-order valence-electron chi connectivity index (χ3n) is 7.81. The molecular formula is C28H53N3O5. The van der Waals surface area contributed by atoms with E-state index in [-0.39, 0.29) is 35.5 Å². The van der Waals surface area contributed by atoms with Gasteiger partial charge in [-0.15, -0.1) is 0 Å². The first-order valence-electron chi connectivity index (χ1n) is 14.1. The number of nitrogens with one attached hydrogen (secondary N) is 3. The molecule has 0 aliphatic heterocycles. The molecule has 0 aromatic rings. The maximum Gasteiger partial charge on any atom is 0.243 e. The van der Waals surface area contributed by atoms with E-state index >= 15 is 0 Å². The lowest BCUT2D eigenvalue weighted by atomic mass is 9.82. The summed E-state index contributed by atoms with van der Waals surface area (Å²) in [6.45, 7) is 13.1. The SMILES string of the molecule is CC[C@H](C)[C@H](NC(C)=O)C(=O)N[C@H](C(=O)N[C@@H](CC1CCCCC1)[C@@H](O)[C@@H](O)CC(C)C)[C@@H](C)CC. The molecule has 0 spiro atoms. The van der Waals surface area contributed by atoms with Crippen molar-refractivity contribution in [1.29, 1.82) is 0 Å². The van der Waals surface area contributed by atoms with Gasteiger partial charge in [-0.1, -0.05) is 86.5 Å². The molecule has 8 heteroatoms. The van der Waals surface area contributed by atoms with Crippen LogP contribution < -0.4 is 16.0 Å². The maximum absolute atomic E-state index is 13.6. The van der Waals surface area contributed by atoms with Crippen LogP contribution in [0.4, 0.5) is 0 Å². The Hall–Kier alpha value is -1.67. The van der Waals surface area contributed by atoms with E-state index in [1.54, 1.807) is 0 Å². The minimum absolute atomic E-state index is 0.0957. The van der Waals surface area contributed by atoms with Gasteiger partial charge in [0.25, 0.3) is 0 Å². The summed E-state index contributed by atoms with van der Waals surface area (Å²) in [5, 5.41) is 30.4. The van der Waals surface area contributed by atoms with E-state index in [1.165, 1.54) is 13.3 Å². The zero-order chi connectivity index (χ0) is 27.4. The number of hydrogen-bond acceptors (Lipinski definition) is 5. The van der Waals surface area contributed by atoms with Gasteiger partial charge < -0.3 is 26.2 Å². The van der Waals surface area contributed by atoms with Crippen molar-refractivity contribution in [1.82, 2.24) is 16.0 Å². The second kappa shape index (κ2) is 16.2. The largest absolute Gasteiger partial charge is 0.390 e. The first-order chi connectivity index (χ1) is 16.9. The first-order valence-corrected chi connectivity index (χ1v) is 14.1. The highest BCUT2D eigenvalue weighted by Crippen LogP contribution is 2.29. The van der Waals surface area contributed by atoms with E-state index in [2.05, 4.69) is 16.0 Å². The first kappa shape index (κ1) is 32.4. The molecule has 1 aliphatic rings. The van der Waals surface area contributed by atoms with Gasteiger partial charge >= 0.3 is 0 Å². The van der Waals surface area contributed by atoms with Crippen LogP contribution in [0.15, 0.2) is 0 Å². The molecule has 5 N–H and O–H groups in total. The summed E-state index contributed by atoms with van der Waals surface area (Å²) in [6, 6.07) is -2.15. The molecule has 0 aromatic carbocycles. The fourth-order valence-electron chi connectivity index (χ4n) is 5.09. The molecule has 3 amide bonds. The second-order valence-corrected chi connectivity index (χ2v) is 11.5. The highest BCUT2D eigenvalue weighted by molar-refractivity contribution is 5.92. The molecule has 0 bridgehead atoms. The number of rotatable bonds is 15. The molecule has 1 aliphatic carbocycles. The summed E-state index contributed by atoms with van der Waals surface area (Å²) in [5.74, 6) is -0.701. The van der Waals surface area contributed by atoms with Gasteiger partial charge in [0.1, 0.15) is 18.2 Å². The molecule has 0 radical (unpaired) electrons. The number of aliphatic hydroxyl groups is 2. The lowest BCUT2D eigenvalue weighted by Crippen LogP contribution is -2.60. The number of amides is 3. The van der Waals surface area contributed by atoms with Crippen molar-refractivity contribution in [3.05, 3.63) is 0 Å². The Bertz CT molecular complexity index is 680. The monoisotopic (exact) mass is 511 g/mol. The molecule has 0 aromatic heterocycles. The smallest absolute Gasteiger partial charge is 0.243 e. The van der Waals surface area contributed by atoms with Gasteiger partial charge in [-0.3, -0.25) is 14.4 Å². The van der Waals surface area contributed by atoms with E-state index in [1.807, 2.05) is 41.5 Å².